The summed E-state index contributed by atoms with van der Waals surface area (Å²) in [5, 5.41) is 9.20. The summed E-state index contributed by atoms with van der Waals surface area (Å²) in [6, 6.07) is 1.27. The van der Waals surface area contributed by atoms with Crippen molar-refractivity contribution in [2.75, 3.05) is 11.4 Å². The summed E-state index contributed by atoms with van der Waals surface area (Å²) in [5.41, 5.74) is 0. The Labute approximate surface area is 94.1 Å². The molecular weight excluding hydrogens is 206 g/mol. The lowest BCUT2D eigenvalue weighted by Gasteiger charge is -2.27. The second kappa shape index (κ2) is 4.92. The van der Waals surface area contributed by atoms with Gasteiger partial charge in [-0.05, 0) is 18.9 Å². The fourth-order valence-corrected chi connectivity index (χ4v) is 2.05. The van der Waals surface area contributed by atoms with Gasteiger partial charge in [0.25, 0.3) is 0 Å². The van der Waals surface area contributed by atoms with Crippen LogP contribution in [0.1, 0.15) is 25.7 Å². The topological polar surface area (TPSA) is 66.3 Å². The van der Waals surface area contributed by atoms with Gasteiger partial charge in [0.2, 0.25) is 0 Å². The molecule has 1 aromatic rings. The van der Waals surface area contributed by atoms with Gasteiger partial charge in [-0.15, -0.1) is 0 Å². The lowest BCUT2D eigenvalue weighted by Crippen LogP contribution is -2.41. The molecule has 0 aromatic carbocycles. The summed E-state index contributed by atoms with van der Waals surface area (Å²) in [7, 11) is 0. The second-order valence-electron chi connectivity index (χ2n) is 3.91. The molecule has 0 spiro atoms. The smallest absolute Gasteiger partial charge is 0.326 e. The Morgan fingerprint density at radius 2 is 2.38 bits per heavy atom. The Morgan fingerprint density at radius 3 is 3.06 bits per heavy atom. The van der Waals surface area contributed by atoms with Crippen LogP contribution in [-0.2, 0) is 4.79 Å². The molecule has 5 nitrogen and oxygen atoms in total. The molecule has 0 bridgehead atoms. The van der Waals surface area contributed by atoms with Crippen molar-refractivity contribution in [1.82, 2.24) is 9.97 Å². The van der Waals surface area contributed by atoms with Gasteiger partial charge in [0, 0.05) is 12.7 Å². The number of hydrogen-bond acceptors (Lipinski definition) is 4. The number of rotatable bonds is 2. The van der Waals surface area contributed by atoms with Gasteiger partial charge in [0.15, 0.2) is 6.33 Å². The average Bonchev–Trinajstić information content (AvgIpc) is 2.55. The maximum Gasteiger partial charge on any atom is 0.326 e. The number of carboxylic acids is 1. The first-order valence-electron chi connectivity index (χ1n) is 5.47. The molecule has 2 rings (SSSR count). The van der Waals surface area contributed by atoms with Crippen LogP contribution in [0.4, 0.5) is 5.82 Å². The zero-order chi connectivity index (χ0) is 11.4. The van der Waals surface area contributed by atoms with Crippen molar-refractivity contribution >= 4 is 11.8 Å². The minimum absolute atomic E-state index is 0.467. The third kappa shape index (κ3) is 2.29. The van der Waals surface area contributed by atoms with Crippen LogP contribution in [-0.4, -0.2) is 33.6 Å². The van der Waals surface area contributed by atoms with E-state index >= 15 is 0 Å². The molecule has 1 aromatic heterocycles. The second-order valence-corrected chi connectivity index (χ2v) is 3.91. The molecule has 5 heteroatoms. The summed E-state index contributed by atoms with van der Waals surface area (Å²) < 4.78 is 0. The first-order chi connectivity index (χ1) is 7.79. The lowest BCUT2D eigenvalue weighted by atomic mass is 10.1. The highest BCUT2D eigenvalue weighted by atomic mass is 16.4. The Morgan fingerprint density at radius 1 is 1.50 bits per heavy atom. The normalized spacial score (nSPS) is 21.5. The minimum atomic E-state index is -0.777. The maximum absolute atomic E-state index is 11.2. The summed E-state index contributed by atoms with van der Waals surface area (Å²) in [5.74, 6) is -0.121. The van der Waals surface area contributed by atoms with Gasteiger partial charge in [0.05, 0.1) is 0 Å². The minimum Gasteiger partial charge on any atom is -0.480 e. The first-order valence-corrected chi connectivity index (χ1v) is 5.47. The van der Waals surface area contributed by atoms with Gasteiger partial charge < -0.3 is 10.0 Å². The molecule has 1 N–H and O–H groups in total. The number of aromatic nitrogens is 2. The van der Waals surface area contributed by atoms with Crippen molar-refractivity contribution in [1.29, 1.82) is 0 Å². The fourth-order valence-electron chi connectivity index (χ4n) is 2.05. The van der Waals surface area contributed by atoms with Crippen LogP contribution >= 0.6 is 0 Å². The number of nitrogens with zero attached hydrogens (tertiary/aromatic N) is 3. The predicted molar refractivity (Wildman–Crippen MR) is 58.1 cm³/mol. The van der Waals surface area contributed by atoms with Gasteiger partial charge in [-0.3, -0.25) is 0 Å². The Kier molecular flexibility index (Phi) is 3.34. The highest BCUT2D eigenvalue weighted by Crippen LogP contribution is 2.21. The van der Waals surface area contributed by atoms with E-state index in [2.05, 4.69) is 16.3 Å². The van der Waals surface area contributed by atoms with Gasteiger partial charge >= 0.3 is 5.97 Å². The molecule has 1 aliphatic heterocycles. The van der Waals surface area contributed by atoms with E-state index in [4.69, 9.17) is 0 Å². The molecule has 0 aliphatic carbocycles. The van der Waals surface area contributed by atoms with Crippen molar-refractivity contribution in [2.45, 2.75) is 31.7 Å². The average molecular weight is 220 g/mol. The predicted octanol–water partition coefficient (Wildman–Crippen LogP) is 1.11. The van der Waals surface area contributed by atoms with Crippen LogP contribution < -0.4 is 4.90 Å². The summed E-state index contributed by atoms with van der Waals surface area (Å²) in [6.07, 6.45) is 7.82. The molecule has 1 unspecified atom stereocenters. The molecule has 1 saturated heterocycles. The molecule has 1 atom stereocenters. The van der Waals surface area contributed by atoms with Crippen molar-refractivity contribution in [3.8, 4) is 0 Å². The van der Waals surface area contributed by atoms with E-state index < -0.39 is 12.0 Å². The van der Waals surface area contributed by atoms with E-state index in [0.29, 0.717) is 12.2 Å². The molecule has 0 amide bonds. The van der Waals surface area contributed by atoms with E-state index in [-0.39, 0.29) is 0 Å². The van der Waals surface area contributed by atoms with E-state index in [1.54, 1.807) is 12.3 Å². The highest BCUT2D eigenvalue weighted by Gasteiger charge is 2.27. The summed E-state index contributed by atoms with van der Waals surface area (Å²) >= 11 is 0. The number of carbonyl (C=O) groups is 1. The van der Waals surface area contributed by atoms with E-state index in [1.165, 1.54) is 0 Å². The molecule has 16 heavy (non-hydrogen) atoms. The van der Waals surface area contributed by atoms with E-state index in [1.807, 2.05) is 4.90 Å². The van der Waals surface area contributed by atoms with Gasteiger partial charge in [-0.25, -0.2) is 14.8 Å². The monoisotopic (exact) mass is 220 g/mol. The first kappa shape index (κ1) is 10.9. The van der Waals surface area contributed by atoms with Crippen molar-refractivity contribution in [3.63, 3.8) is 0 Å². The van der Waals surface area contributed by atoms with Crippen LogP contribution in [0.15, 0.2) is 12.3 Å². The Balaban J connectivity index is 2.24. The molecular formula is C11H14N3O2. The van der Waals surface area contributed by atoms with Gasteiger partial charge in [0.1, 0.15) is 11.9 Å². The largest absolute Gasteiger partial charge is 0.480 e. The quantitative estimate of drug-likeness (QED) is 0.808. The summed E-state index contributed by atoms with van der Waals surface area (Å²) in [6.45, 7) is 0.738. The zero-order valence-electron chi connectivity index (χ0n) is 8.96. The standard InChI is InChI=1S/C11H14N3O2/c15-11(16)9-4-2-1-3-7-14(9)10-5-6-12-8-13-10/h5-6,9H,1-4,7H2,(H,15,16). The van der Waals surface area contributed by atoms with Crippen LogP contribution in [0.25, 0.3) is 0 Å². The van der Waals surface area contributed by atoms with Gasteiger partial charge in [-0.2, -0.15) is 0 Å². The molecule has 1 fully saturated rings. The lowest BCUT2D eigenvalue weighted by molar-refractivity contribution is -0.138. The SMILES string of the molecule is O=C(O)C1CCCCCN1c1ccn[c]n1. The maximum atomic E-state index is 11.2. The molecule has 85 valence electrons. The molecule has 1 radical (unpaired) electrons. The van der Waals surface area contributed by atoms with Crippen molar-refractivity contribution in [3.05, 3.63) is 18.6 Å². The van der Waals surface area contributed by atoms with Crippen LogP contribution in [0.5, 0.6) is 0 Å². The molecule has 2 heterocycles. The number of anilines is 1. The van der Waals surface area contributed by atoms with E-state index in [0.717, 1.165) is 25.8 Å². The molecule has 0 saturated carbocycles. The summed E-state index contributed by atoms with van der Waals surface area (Å²) in [4.78, 5) is 20.8. The Bertz CT molecular complexity index is 356. The fraction of sp³-hybridized carbons (Fsp3) is 0.545. The molecule has 1 aliphatic rings. The van der Waals surface area contributed by atoms with Crippen LogP contribution in [0.2, 0.25) is 0 Å². The van der Waals surface area contributed by atoms with E-state index in [9.17, 15) is 9.90 Å². The highest BCUT2D eigenvalue weighted by molar-refractivity contribution is 5.77. The third-order valence-corrected chi connectivity index (χ3v) is 2.85. The number of aliphatic carboxylic acids is 1. The van der Waals surface area contributed by atoms with Gasteiger partial charge in [-0.1, -0.05) is 12.8 Å². The van der Waals surface area contributed by atoms with Crippen molar-refractivity contribution < 1.29 is 9.90 Å². The van der Waals surface area contributed by atoms with Crippen LogP contribution in [0.3, 0.4) is 0 Å². The number of carboxylic acid groups (broad SMARTS) is 1. The third-order valence-electron chi connectivity index (χ3n) is 2.85. The van der Waals surface area contributed by atoms with Crippen molar-refractivity contribution in [2.24, 2.45) is 0 Å². The van der Waals surface area contributed by atoms with Crippen LogP contribution in [0, 0.1) is 6.33 Å². The number of hydrogen-bond donors (Lipinski definition) is 1. The Hall–Kier alpha value is -1.65. The zero-order valence-corrected chi connectivity index (χ0v) is 8.96.